The number of aldehydes is 1. The predicted octanol–water partition coefficient (Wildman–Crippen LogP) is 2.09. The van der Waals surface area contributed by atoms with Crippen LogP contribution < -0.4 is 5.32 Å². The molecule has 0 aromatic heterocycles. The average molecular weight is 183 g/mol. The zero-order valence-corrected chi connectivity index (χ0v) is 8.40. The van der Waals surface area contributed by atoms with Crippen molar-refractivity contribution in [2.75, 3.05) is 7.05 Å². The molecule has 0 aliphatic heterocycles. The van der Waals surface area contributed by atoms with E-state index < -0.39 is 12.7 Å². The highest BCUT2D eigenvalue weighted by atomic mass is 19.3. The first-order valence-corrected chi connectivity index (χ1v) is 3.95. The summed E-state index contributed by atoms with van der Waals surface area (Å²) in [5, 5.41) is 3.03. The third-order valence-corrected chi connectivity index (χ3v) is 0.680. The third kappa shape index (κ3) is 56.2. The molecule has 76 valence electrons. The molecule has 0 bridgehead atoms. The van der Waals surface area contributed by atoms with Crippen LogP contribution in [0.4, 0.5) is 8.78 Å². The van der Waals surface area contributed by atoms with Crippen LogP contribution in [0.3, 0.4) is 0 Å². The number of carbonyl (C=O) groups is 1. The SMILES string of the molecule is CC.CNC(C)C.O=CC(F)F. The molecule has 0 saturated carbocycles. The maximum absolute atomic E-state index is 10.4. The van der Waals surface area contributed by atoms with Gasteiger partial charge >= 0.3 is 0 Å². The molecule has 0 heterocycles. The molecule has 0 aromatic carbocycles. The van der Waals surface area contributed by atoms with Crippen molar-refractivity contribution in [2.45, 2.75) is 40.2 Å². The third-order valence-electron chi connectivity index (χ3n) is 0.680. The monoisotopic (exact) mass is 183 g/mol. The summed E-state index contributed by atoms with van der Waals surface area (Å²) in [7, 11) is 1.95. The van der Waals surface area contributed by atoms with Gasteiger partial charge in [0.15, 0.2) is 6.29 Å². The molecule has 4 heteroatoms. The van der Waals surface area contributed by atoms with Crippen LogP contribution in [0.5, 0.6) is 0 Å². The van der Waals surface area contributed by atoms with Gasteiger partial charge in [-0.25, -0.2) is 8.78 Å². The Morgan fingerprint density at radius 1 is 1.25 bits per heavy atom. The minimum atomic E-state index is -2.80. The van der Waals surface area contributed by atoms with Gasteiger partial charge in [-0.05, 0) is 7.05 Å². The van der Waals surface area contributed by atoms with Gasteiger partial charge in [-0.15, -0.1) is 0 Å². The lowest BCUT2D eigenvalue weighted by Gasteiger charge is -1.95. The first kappa shape index (κ1) is 17.5. The second-order valence-corrected chi connectivity index (χ2v) is 1.91. The first-order chi connectivity index (χ1) is 5.54. The zero-order chi connectivity index (χ0) is 10.6. The molecule has 0 radical (unpaired) electrons. The fourth-order valence-corrected chi connectivity index (χ4v) is 0. The van der Waals surface area contributed by atoms with Crippen LogP contribution in [0.2, 0.25) is 0 Å². The highest BCUT2D eigenvalue weighted by Gasteiger charge is 1.91. The number of nitrogens with one attached hydrogen (secondary N) is 1. The van der Waals surface area contributed by atoms with E-state index in [0.717, 1.165) is 0 Å². The van der Waals surface area contributed by atoms with E-state index in [1.807, 2.05) is 20.9 Å². The van der Waals surface area contributed by atoms with Gasteiger partial charge < -0.3 is 5.32 Å². The summed E-state index contributed by atoms with van der Waals surface area (Å²) in [4.78, 5) is 8.75. The molecule has 0 fully saturated rings. The molecule has 12 heavy (non-hydrogen) atoms. The van der Waals surface area contributed by atoms with Crippen molar-refractivity contribution in [2.24, 2.45) is 0 Å². The molecule has 0 rings (SSSR count). The molecule has 0 saturated heterocycles. The first-order valence-electron chi connectivity index (χ1n) is 3.95. The number of hydrogen-bond donors (Lipinski definition) is 1. The van der Waals surface area contributed by atoms with Gasteiger partial charge in [-0.2, -0.15) is 0 Å². The minimum Gasteiger partial charge on any atom is -0.318 e. The van der Waals surface area contributed by atoms with Gasteiger partial charge in [0.1, 0.15) is 0 Å². The Bertz CT molecular complexity index is 77.5. The van der Waals surface area contributed by atoms with Crippen molar-refractivity contribution < 1.29 is 13.6 Å². The molecule has 0 aliphatic rings. The van der Waals surface area contributed by atoms with Gasteiger partial charge in [0.2, 0.25) is 0 Å². The summed E-state index contributed by atoms with van der Waals surface area (Å²) >= 11 is 0. The molecule has 2 nitrogen and oxygen atoms in total. The lowest BCUT2D eigenvalue weighted by Crippen LogP contribution is -2.15. The summed E-state index contributed by atoms with van der Waals surface area (Å²) in [6.07, 6.45) is -3.21. The summed E-state index contributed by atoms with van der Waals surface area (Å²) < 4.78 is 20.8. The van der Waals surface area contributed by atoms with Crippen LogP contribution in [-0.4, -0.2) is 25.8 Å². The van der Waals surface area contributed by atoms with Crippen molar-refractivity contribution in [3.63, 3.8) is 0 Å². The fourth-order valence-electron chi connectivity index (χ4n) is 0. The molecule has 0 spiro atoms. The molecule has 1 N–H and O–H groups in total. The summed E-state index contributed by atoms with van der Waals surface area (Å²) in [5.74, 6) is 0. The van der Waals surface area contributed by atoms with Crippen LogP contribution in [0.15, 0.2) is 0 Å². The Hall–Kier alpha value is -0.510. The number of halogens is 2. The van der Waals surface area contributed by atoms with Gasteiger partial charge in [-0.3, -0.25) is 4.79 Å². The maximum atomic E-state index is 10.4. The number of alkyl halides is 2. The van der Waals surface area contributed by atoms with E-state index in [4.69, 9.17) is 4.79 Å². The van der Waals surface area contributed by atoms with Crippen molar-refractivity contribution in [3.05, 3.63) is 0 Å². The largest absolute Gasteiger partial charge is 0.318 e. The van der Waals surface area contributed by atoms with Gasteiger partial charge in [0.05, 0.1) is 0 Å². The van der Waals surface area contributed by atoms with Gasteiger partial charge in [-0.1, -0.05) is 27.7 Å². The molecule has 0 unspecified atom stereocenters. The molecule has 0 amide bonds. The smallest absolute Gasteiger partial charge is 0.293 e. The number of rotatable bonds is 2. The lowest BCUT2D eigenvalue weighted by molar-refractivity contribution is -0.116. The highest BCUT2D eigenvalue weighted by Crippen LogP contribution is 1.80. The molecule has 0 aromatic rings. The standard InChI is InChI=1S/C4H11N.C2H2F2O.C2H6/c1-4(2)5-3;3-2(4)1-5;1-2/h4-5H,1-3H3;1-2H;1-2H3. The summed E-state index contributed by atoms with van der Waals surface area (Å²) in [6, 6.07) is 0.634. The van der Waals surface area contributed by atoms with Gasteiger partial charge in [0.25, 0.3) is 6.43 Å². The quantitative estimate of drug-likeness (QED) is 0.664. The van der Waals surface area contributed by atoms with E-state index in [2.05, 4.69) is 19.2 Å². The number of hydrogen-bond acceptors (Lipinski definition) is 2. The van der Waals surface area contributed by atoms with E-state index >= 15 is 0 Å². The fraction of sp³-hybridized carbons (Fsp3) is 0.875. The van der Waals surface area contributed by atoms with Crippen LogP contribution >= 0.6 is 0 Å². The average Bonchev–Trinajstić information content (AvgIpc) is 2.09. The van der Waals surface area contributed by atoms with E-state index in [-0.39, 0.29) is 0 Å². The maximum Gasteiger partial charge on any atom is 0.293 e. The van der Waals surface area contributed by atoms with E-state index in [1.54, 1.807) is 0 Å². The van der Waals surface area contributed by atoms with Crippen LogP contribution in [0.25, 0.3) is 0 Å². The Kier molecular flexibility index (Phi) is 24.6. The number of carbonyl (C=O) groups excluding carboxylic acids is 1. The van der Waals surface area contributed by atoms with Crippen LogP contribution in [-0.2, 0) is 4.79 Å². The molecule has 0 atom stereocenters. The van der Waals surface area contributed by atoms with Crippen molar-refractivity contribution in [1.29, 1.82) is 0 Å². The minimum absolute atomic E-state index is 0.417. The Morgan fingerprint density at radius 2 is 1.42 bits per heavy atom. The Morgan fingerprint density at radius 3 is 1.42 bits per heavy atom. The topological polar surface area (TPSA) is 29.1 Å². The highest BCUT2D eigenvalue weighted by molar-refractivity contribution is 5.53. The van der Waals surface area contributed by atoms with E-state index in [9.17, 15) is 8.78 Å². The summed E-state index contributed by atoms with van der Waals surface area (Å²) in [6.45, 7) is 8.22. The lowest BCUT2D eigenvalue weighted by atomic mass is 10.4. The molecule has 0 aliphatic carbocycles. The summed E-state index contributed by atoms with van der Waals surface area (Å²) in [5.41, 5.74) is 0. The van der Waals surface area contributed by atoms with Crippen molar-refractivity contribution in [1.82, 2.24) is 5.32 Å². The van der Waals surface area contributed by atoms with E-state index in [0.29, 0.717) is 6.04 Å². The van der Waals surface area contributed by atoms with Crippen LogP contribution in [0, 0.1) is 0 Å². The Balaban J connectivity index is -0.000000112. The van der Waals surface area contributed by atoms with Crippen molar-refractivity contribution >= 4 is 6.29 Å². The second-order valence-electron chi connectivity index (χ2n) is 1.91. The van der Waals surface area contributed by atoms with Crippen LogP contribution in [0.1, 0.15) is 27.7 Å². The zero-order valence-electron chi connectivity index (χ0n) is 8.40. The van der Waals surface area contributed by atoms with E-state index in [1.165, 1.54) is 0 Å². The Labute approximate surface area is 73.3 Å². The van der Waals surface area contributed by atoms with Crippen molar-refractivity contribution in [3.8, 4) is 0 Å². The molecular formula is C8H19F2NO. The molecular weight excluding hydrogens is 164 g/mol. The normalized spacial score (nSPS) is 8.08. The van der Waals surface area contributed by atoms with Gasteiger partial charge in [0, 0.05) is 6.04 Å². The predicted molar refractivity (Wildman–Crippen MR) is 47.6 cm³/mol. The second kappa shape index (κ2) is 16.8.